The third-order valence-corrected chi connectivity index (χ3v) is 1.39. The highest BCUT2D eigenvalue weighted by Crippen LogP contribution is 1.95. The normalized spacial score (nSPS) is 9.43. The Bertz CT molecular complexity index is 326. The van der Waals surface area contributed by atoms with Crippen molar-refractivity contribution < 1.29 is 14.3 Å². The van der Waals surface area contributed by atoms with Gasteiger partial charge in [-0.15, -0.1) is 0 Å². The fraction of sp³-hybridized carbons (Fsp3) is 0.250. The molecule has 0 aliphatic rings. The molecular weight excluding hydrogens is 186 g/mol. The number of carbonyl (C=O) groups excluding carboxylic acids is 2. The highest BCUT2D eigenvalue weighted by Gasteiger charge is 2.08. The second kappa shape index (κ2) is 4.90. The molecule has 2 N–H and O–H groups in total. The molecule has 1 amide bonds. The molecule has 0 aromatic carbocycles. The Morgan fingerprint density at radius 3 is 2.57 bits per heavy atom. The summed E-state index contributed by atoms with van der Waals surface area (Å²) in [6.07, 6.45) is 2.07. The van der Waals surface area contributed by atoms with Crippen molar-refractivity contribution in [3.8, 4) is 0 Å². The molecule has 0 bridgehead atoms. The number of carbonyl (C=O) groups is 2. The van der Waals surface area contributed by atoms with Crippen LogP contribution >= 0.6 is 0 Å². The molecule has 74 valence electrons. The van der Waals surface area contributed by atoms with Crippen molar-refractivity contribution in [3.63, 3.8) is 0 Å². The lowest BCUT2D eigenvalue weighted by molar-refractivity contribution is 0.0930. The number of hydrogen-bond donors (Lipinski definition) is 1. The van der Waals surface area contributed by atoms with Gasteiger partial charge in [0.25, 0.3) is 0 Å². The zero-order valence-electron chi connectivity index (χ0n) is 7.34. The van der Waals surface area contributed by atoms with Gasteiger partial charge in [-0.25, -0.2) is 14.8 Å². The average Bonchev–Trinajstić information content (AvgIpc) is 2.18. The highest BCUT2D eigenvalue weighted by molar-refractivity contribution is 5.92. The van der Waals surface area contributed by atoms with E-state index in [0.717, 1.165) is 0 Å². The smallest absolute Gasteiger partial charge is 0.404 e. The van der Waals surface area contributed by atoms with E-state index in [4.69, 9.17) is 5.73 Å². The largest absolute Gasteiger partial charge is 0.449 e. The van der Waals surface area contributed by atoms with Crippen LogP contribution in [0.4, 0.5) is 4.79 Å². The predicted molar refractivity (Wildman–Crippen MR) is 46.5 cm³/mol. The third kappa shape index (κ3) is 3.18. The van der Waals surface area contributed by atoms with Crippen LogP contribution in [0.1, 0.15) is 17.0 Å². The lowest BCUT2D eigenvalue weighted by atomic mass is 10.3. The molecule has 0 saturated carbocycles. The van der Waals surface area contributed by atoms with Gasteiger partial charge in [0.2, 0.25) is 5.78 Å². The van der Waals surface area contributed by atoms with Crippen LogP contribution in [-0.2, 0) is 4.74 Å². The van der Waals surface area contributed by atoms with E-state index in [0.29, 0.717) is 0 Å². The summed E-state index contributed by atoms with van der Waals surface area (Å²) in [5.74, 6) is -0.174. The van der Waals surface area contributed by atoms with Gasteiger partial charge in [-0.2, -0.15) is 0 Å². The zero-order valence-corrected chi connectivity index (χ0v) is 7.34. The number of nitrogens with two attached hydrogens (primary N) is 1. The van der Waals surface area contributed by atoms with Crippen LogP contribution in [0.3, 0.4) is 0 Å². The van der Waals surface area contributed by atoms with Crippen LogP contribution in [0.2, 0.25) is 0 Å². The Labute approximate surface area is 80.1 Å². The molecule has 0 aliphatic carbocycles. The molecule has 0 aliphatic heterocycles. The minimum absolute atomic E-state index is 0.0347. The van der Waals surface area contributed by atoms with Crippen LogP contribution in [0.5, 0.6) is 0 Å². The van der Waals surface area contributed by atoms with E-state index in [2.05, 4.69) is 14.7 Å². The fourth-order valence-corrected chi connectivity index (χ4v) is 0.799. The Morgan fingerprint density at radius 2 is 2.00 bits per heavy atom. The maximum atomic E-state index is 11.3. The van der Waals surface area contributed by atoms with Gasteiger partial charge in [0, 0.05) is 18.8 Å². The fourth-order valence-electron chi connectivity index (χ4n) is 0.799. The minimum atomic E-state index is -0.896. The van der Waals surface area contributed by atoms with Gasteiger partial charge < -0.3 is 10.5 Å². The van der Waals surface area contributed by atoms with E-state index in [1.165, 1.54) is 12.4 Å². The van der Waals surface area contributed by atoms with E-state index in [1.54, 1.807) is 6.07 Å². The molecule has 1 rings (SSSR count). The van der Waals surface area contributed by atoms with Gasteiger partial charge in [0.1, 0.15) is 6.61 Å². The molecule has 0 spiro atoms. The van der Waals surface area contributed by atoms with Crippen LogP contribution in [0.15, 0.2) is 18.5 Å². The third-order valence-electron chi connectivity index (χ3n) is 1.39. The lowest BCUT2D eigenvalue weighted by Crippen LogP contribution is -2.16. The van der Waals surface area contributed by atoms with Crippen molar-refractivity contribution in [3.05, 3.63) is 24.3 Å². The number of aromatic nitrogens is 2. The molecule has 1 heterocycles. The summed E-state index contributed by atoms with van der Waals surface area (Å²) in [5, 5.41) is 0. The van der Waals surface area contributed by atoms with Crippen molar-refractivity contribution >= 4 is 11.9 Å². The predicted octanol–water partition coefficient (Wildman–Crippen LogP) is 0.145. The maximum Gasteiger partial charge on any atom is 0.404 e. The summed E-state index contributed by atoms with van der Waals surface area (Å²) < 4.78 is 4.40. The Kier molecular flexibility index (Phi) is 3.54. The number of rotatable bonds is 4. The highest BCUT2D eigenvalue weighted by atomic mass is 16.5. The molecule has 0 radical (unpaired) electrons. The molecule has 1 aromatic rings. The minimum Gasteiger partial charge on any atom is -0.449 e. The Hall–Kier alpha value is -1.98. The second-order valence-corrected chi connectivity index (χ2v) is 2.41. The van der Waals surface area contributed by atoms with Gasteiger partial charge in [0.05, 0.1) is 0 Å². The number of Topliss-reactive ketones (excluding diaryl/α,β-unsaturated/α-hetero) is 1. The SMILES string of the molecule is NC(=O)OCCC(=O)c1ncccn1. The Morgan fingerprint density at radius 1 is 1.36 bits per heavy atom. The molecule has 0 unspecified atom stereocenters. The van der Waals surface area contributed by atoms with Gasteiger partial charge in [-0.3, -0.25) is 4.79 Å². The van der Waals surface area contributed by atoms with E-state index in [9.17, 15) is 9.59 Å². The van der Waals surface area contributed by atoms with Crippen molar-refractivity contribution in [2.75, 3.05) is 6.61 Å². The van der Waals surface area contributed by atoms with Gasteiger partial charge in [-0.1, -0.05) is 0 Å². The standard InChI is InChI=1S/C8H9N3O3/c9-8(13)14-5-2-6(12)7-10-3-1-4-11-7/h1,3-4H,2,5H2,(H2,9,13). The van der Waals surface area contributed by atoms with Crippen LogP contribution in [0.25, 0.3) is 0 Å². The molecule has 0 saturated heterocycles. The maximum absolute atomic E-state index is 11.3. The summed E-state index contributed by atoms with van der Waals surface area (Å²) in [6, 6.07) is 1.61. The number of hydrogen-bond acceptors (Lipinski definition) is 5. The van der Waals surface area contributed by atoms with Gasteiger partial charge in [0.15, 0.2) is 5.82 Å². The van der Waals surface area contributed by atoms with E-state index in [1.807, 2.05) is 0 Å². The van der Waals surface area contributed by atoms with Crippen LogP contribution in [-0.4, -0.2) is 28.5 Å². The topological polar surface area (TPSA) is 95.2 Å². The number of ether oxygens (including phenoxy) is 1. The first-order valence-electron chi connectivity index (χ1n) is 3.92. The lowest BCUT2D eigenvalue weighted by Gasteiger charge is -1.99. The summed E-state index contributed by atoms with van der Waals surface area (Å²) >= 11 is 0. The Balaban J connectivity index is 2.40. The molecular formula is C8H9N3O3. The van der Waals surface area contributed by atoms with Crippen molar-refractivity contribution in [1.82, 2.24) is 9.97 Å². The molecule has 6 heteroatoms. The van der Waals surface area contributed by atoms with E-state index < -0.39 is 6.09 Å². The van der Waals surface area contributed by atoms with E-state index in [-0.39, 0.29) is 24.6 Å². The summed E-state index contributed by atoms with van der Waals surface area (Å²) in [4.78, 5) is 28.9. The van der Waals surface area contributed by atoms with Crippen molar-refractivity contribution in [2.45, 2.75) is 6.42 Å². The quantitative estimate of drug-likeness (QED) is 0.689. The van der Waals surface area contributed by atoms with Crippen LogP contribution in [0, 0.1) is 0 Å². The zero-order chi connectivity index (χ0) is 10.4. The van der Waals surface area contributed by atoms with E-state index >= 15 is 0 Å². The molecule has 0 atom stereocenters. The monoisotopic (exact) mass is 195 g/mol. The van der Waals surface area contributed by atoms with Crippen molar-refractivity contribution in [1.29, 1.82) is 0 Å². The number of primary amides is 1. The van der Waals surface area contributed by atoms with Crippen LogP contribution < -0.4 is 5.73 Å². The van der Waals surface area contributed by atoms with Gasteiger partial charge in [-0.05, 0) is 6.07 Å². The number of nitrogens with zero attached hydrogens (tertiary/aromatic N) is 2. The van der Waals surface area contributed by atoms with Crippen molar-refractivity contribution in [2.24, 2.45) is 5.73 Å². The first-order valence-corrected chi connectivity index (χ1v) is 3.92. The molecule has 6 nitrogen and oxygen atoms in total. The molecule has 14 heavy (non-hydrogen) atoms. The first kappa shape index (κ1) is 10.1. The summed E-state index contributed by atoms with van der Waals surface area (Å²) in [7, 11) is 0. The van der Waals surface area contributed by atoms with Gasteiger partial charge >= 0.3 is 6.09 Å². The average molecular weight is 195 g/mol. The summed E-state index contributed by atoms with van der Waals surface area (Å²) in [6.45, 7) is -0.0492. The summed E-state index contributed by atoms with van der Waals surface area (Å²) in [5.41, 5.74) is 4.71. The number of ketones is 1. The molecule has 1 aromatic heterocycles. The second-order valence-electron chi connectivity index (χ2n) is 2.41. The first-order chi connectivity index (χ1) is 6.70. The molecule has 0 fully saturated rings. The number of amides is 1.